The van der Waals surface area contributed by atoms with Crippen LogP contribution in [-0.4, -0.2) is 18.0 Å². The van der Waals surface area contributed by atoms with E-state index in [1.54, 1.807) is 18.1 Å². The van der Waals surface area contributed by atoms with Crippen LogP contribution in [0.15, 0.2) is 36.4 Å². The summed E-state index contributed by atoms with van der Waals surface area (Å²) in [5.41, 5.74) is 1.64. The van der Waals surface area contributed by atoms with Crippen molar-refractivity contribution >= 4 is 34.9 Å². The lowest BCUT2D eigenvalue weighted by atomic mass is 9.86. The van der Waals surface area contributed by atoms with E-state index in [1.165, 1.54) is 5.56 Å². The number of hydrogen-bond donors (Lipinski definition) is 0. The predicted molar refractivity (Wildman–Crippen MR) is 106 cm³/mol. The van der Waals surface area contributed by atoms with Gasteiger partial charge in [-0.3, -0.25) is 9.59 Å². The molecule has 0 fully saturated rings. The number of carbonyl (C=O) groups is 2. The normalized spacial score (nSPS) is 10.7. The number of aldehydes is 1. The Kier molecular flexibility index (Phi) is 7.01. The summed E-state index contributed by atoms with van der Waals surface area (Å²) >= 11 is 1.15. The standard InChI is InChI=1S/C22H21NO3S/c1-22(2,15-23)18-9-7-16(8-10-18)5-3-4-6-19(26)21-12-11-20(27-21)17(13-24)14-25/h7-13H,3-6H2,1-2H3. The Morgan fingerprint density at radius 3 is 2.37 bits per heavy atom. The van der Waals surface area contributed by atoms with Crippen LogP contribution in [0.4, 0.5) is 0 Å². The molecule has 1 heterocycles. The monoisotopic (exact) mass is 379 g/mol. The van der Waals surface area contributed by atoms with Crippen molar-refractivity contribution in [3.63, 3.8) is 0 Å². The van der Waals surface area contributed by atoms with E-state index in [-0.39, 0.29) is 11.4 Å². The maximum Gasteiger partial charge on any atom is 0.172 e. The van der Waals surface area contributed by atoms with Crippen molar-refractivity contribution in [2.24, 2.45) is 0 Å². The van der Waals surface area contributed by atoms with Gasteiger partial charge in [-0.2, -0.15) is 5.26 Å². The minimum Gasteiger partial charge on any atom is -0.297 e. The maximum atomic E-state index is 12.2. The number of allylic oxidation sites excluding steroid dienone is 1. The van der Waals surface area contributed by atoms with Crippen molar-refractivity contribution in [1.82, 2.24) is 0 Å². The number of nitrogens with zero attached hydrogens (tertiary/aromatic N) is 1. The molecule has 0 saturated heterocycles. The largest absolute Gasteiger partial charge is 0.297 e. The van der Waals surface area contributed by atoms with Crippen molar-refractivity contribution in [3.05, 3.63) is 57.3 Å². The molecule has 0 aliphatic rings. The average Bonchev–Trinajstić information content (AvgIpc) is 3.16. The van der Waals surface area contributed by atoms with Crippen LogP contribution < -0.4 is 0 Å². The van der Waals surface area contributed by atoms with Crippen LogP contribution in [0.1, 0.15) is 58.8 Å². The van der Waals surface area contributed by atoms with Crippen molar-refractivity contribution < 1.29 is 14.4 Å². The third-order valence-electron chi connectivity index (χ3n) is 4.45. The van der Waals surface area contributed by atoms with E-state index < -0.39 is 5.41 Å². The molecule has 5 heteroatoms. The topological polar surface area (TPSA) is 75.0 Å². The zero-order chi connectivity index (χ0) is 19.9. The van der Waals surface area contributed by atoms with Crippen LogP contribution >= 0.6 is 11.3 Å². The third-order valence-corrected chi connectivity index (χ3v) is 5.61. The van der Waals surface area contributed by atoms with E-state index in [0.717, 1.165) is 36.2 Å². The van der Waals surface area contributed by atoms with Crippen LogP contribution in [0, 0.1) is 11.3 Å². The van der Waals surface area contributed by atoms with Gasteiger partial charge in [0.1, 0.15) is 11.5 Å². The van der Waals surface area contributed by atoms with Crippen LogP contribution in [0.2, 0.25) is 0 Å². The molecule has 0 saturated carbocycles. The van der Waals surface area contributed by atoms with E-state index in [9.17, 15) is 19.6 Å². The van der Waals surface area contributed by atoms with Crippen LogP contribution in [0.3, 0.4) is 0 Å². The van der Waals surface area contributed by atoms with E-state index in [2.05, 4.69) is 6.07 Å². The minimum absolute atomic E-state index is 0.0218. The lowest BCUT2D eigenvalue weighted by Crippen LogP contribution is -2.13. The molecule has 0 bridgehead atoms. The first-order chi connectivity index (χ1) is 12.9. The van der Waals surface area contributed by atoms with Gasteiger partial charge in [-0.1, -0.05) is 24.3 Å². The molecule has 4 nitrogen and oxygen atoms in total. The molecular formula is C22H21NO3S. The Morgan fingerprint density at radius 2 is 1.78 bits per heavy atom. The third kappa shape index (κ3) is 5.34. The molecule has 1 aromatic heterocycles. The van der Waals surface area contributed by atoms with Gasteiger partial charge in [-0.05, 0) is 56.4 Å². The number of aryl methyl sites for hydroxylation is 1. The molecule has 0 aliphatic heterocycles. The molecule has 0 N–H and O–H groups in total. The second-order valence-corrected chi connectivity index (χ2v) is 7.95. The van der Waals surface area contributed by atoms with Crippen LogP contribution in [0.5, 0.6) is 0 Å². The lowest BCUT2D eigenvalue weighted by Gasteiger charge is -2.15. The Morgan fingerprint density at radius 1 is 1.11 bits per heavy atom. The molecule has 0 aliphatic carbocycles. The SMILES string of the molecule is CC(C)(C#N)c1ccc(CCCCC(=O)c2ccc(C(=C=O)C=O)s2)cc1. The highest BCUT2D eigenvalue weighted by Crippen LogP contribution is 2.24. The number of benzene rings is 1. The second-order valence-electron chi connectivity index (χ2n) is 6.86. The van der Waals surface area contributed by atoms with Gasteiger partial charge in [0.2, 0.25) is 0 Å². The molecule has 1 aromatic carbocycles. The van der Waals surface area contributed by atoms with E-state index in [4.69, 9.17) is 0 Å². The van der Waals surface area contributed by atoms with Crippen LogP contribution in [-0.2, 0) is 21.4 Å². The number of rotatable bonds is 9. The molecule has 27 heavy (non-hydrogen) atoms. The molecule has 0 spiro atoms. The van der Waals surface area contributed by atoms with E-state index in [1.807, 2.05) is 38.1 Å². The Bertz CT molecular complexity index is 910. The van der Waals surface area contributed by atoms with Gasteiger partial charge in [0.25, 0.3) is 0 Å². The average molecular weight is 379 g/mol. The minimum atomic E-state index is -0.493. The second kappa shape index (κ2) is 9.23. The Hall–Kier alpha value is -2.80. The summed E-state index contributed by atoms with van der Waals surface area (Å²) < 4.78 is 0. The first kappa shape index (κ1) is 20.5. The lowest BCUT2D eigenvalue weighted by molar-refractivity contribution is -0.103. The maximum absolute atomic E-state index is 12.2. The van der Waals surface area contributed by atoms with Gasteiger partial charge in [0, 0.05) is 11.3 Å². The summed E-state index contributed by atoms with van der Waals surface area (Å²) in [7, 11) is 0. The summed E-state index contributed by atoms with van der Waals surface area (Å²) in [5.74, 6) is 1.61. The quantitative estimate of drug-likeness (QED) is 0.210. The first-order valence-electron chi connectivity index (χ1n) is 8.75. The van der Waals surface area contributed by atoms with Gasteiger partial charge in [-0.15, -0.1) is 11.3 Å². The molecule has 2 rings (SSSR count). The van der Waals surface area contributed by atoms with Crippen LogP contribution in [0.25, 0.3) is 5.57 Å². The van der Waals surface area contributed by atoms with Crippen molar-refractivity contribution in [3.8, 4) is 6.07 Å². The molecule has 0 amide bonds. The number of hydrogen-bond acceptors (Lipinski definition) is 5. The molecule has 0 unspecified atom stereocenters. The fourth-order valence-electron chi connectivity index (χ4n) is 2.66. The van der Waals surface area contributed by atoms with E-state index >= 15 is 0 Å². The predicted octanol–water partition coefficient (Wildman–Crippen LogP) is 4.56. The fraction of sp³-hybridized carbons (Fsp3) is 0.318. The van der Waals surface area contributed by atoms with Gasteiger partial charge >= 0.3 is 0 Å². The van der Waals surface area contributed by atoms with Gasteiger partial charge in [-0.25, -0.2) is 4.79 Å². The Balaban J connectivity index is 1.83. The van der Waals surface area contributed by atoms with Crippen molar-refractivity contribution in [2.75, 3.05) is 0 Å². The summed E-state index contributed by atoms with van der Waals surface area (Å²) in [4.78, 5) is 34.7. The van der Waals surface area contributed by atoms with Gasteiger partial charge in [0.05, 0.1) is 16.4 Å². The number of nitriles is 1. The highest BCUT2D eigenvalue weighted by atomic mass is 32.1. The summed E-state index contributed by atoms with van der Waals surface area (Å²) in [6.07, 6.45) is 3.41. The molecule has 0 atom stereocenters. The smallest absolute Gasteiger partial charge is 0.172 e. The van der Waals surface area contributed by atoms with Gasteiger partial charge in [0.15, 0.2) is 12.1 Å². The first-order valence-corrected chi connectivity index (χ1v) is 9.57. The Labute approximate surface area is 163 Å². The number of carbonyl (C=O) groups excluding carboxylic acids is 3. The highest BCUT2D eigenvalue weighted by molar-refractivity contribution is 7.15. The van der Waals surface area contributed by atoms with Crippen molar-refractivity contribution in [1.29, 1.82) is 5.26 Å². The highest BCUT2D eigenvalue weighted by Gasteiger charge is 2.19. The summed E-state index contributed by atoms with van der Waals surface area (Å²) in [6.45, 7) is 3.79. The molecule has 138 valence electrons. The fourth-order valence-corrected chi connectivity index (χ4v) is 3.58. The molecular weight excluding hydrogens is 358 g/mol. The van der Waals surface area contributed by atoms with Gasteiger partial charge < -0.3 is 0 Å². The summed E-state index contributed by atoms with van der Waals surface area (Å²) in [6, 6.07) is 13.6. The molecule has 0 radical (unpaired) electrons. The molecule has 2 aromatic rings. The zero-order valence-electron chi connectivity index (χ0n) is 15.5. The zero-order valence-corrected chi connectivity index (χ0v) is 16.3. The number of ketones is 1. The van der Waals surface area contributed by atoms with E-state index in [0.29, 0.717) is 22.5 Å². The number of thiophene rings is 1. The number of unbranched alkanes of at least 4 members (excludes halogenated alkanes) is 1. The number of Topliss-reactive ketones (excluding diaryl/α,β-unsaturated/α-hetero) is 1. The summed E-state index contributed by atoms with van der Waals surface area (Å²) in [5, 5.41) is 9.18. The van der Waals surface area contributed by atoms with Crippen molar-refractivity contribution in [2.45, 2.75) is 44.9 Å².